The Bertz CT molecular complexity index is 1010. The number of hydrogen-bond donors (Lipinski definition) is 0. The van der Waals surface area contributed by atoms with Crippen LogP contribution in [0.3, 0.4) is 0 Å². The van der Waals surface area contributed by atoms with Gasteiger partial charge in [-0.2, -0.15) is 0 Å². The molecule has 5 nitrogen and oxygen atoms in total. The van der Waals surface area contributed by atoms with Gasteiger partial charge in [-0.25, -0.2) is 0 Å². The lowest BCUT2D eigenvalue weighted by Crippen LogP contribution is -2.33. The van der Waals surface area contributed by atoms with Crippen molar-refractivity contribution >= 4 is 35.0 Å². The first-order valence-electron chi connectivity index (χ1n) is 10.4. The van der Waals surface area contributed by atoms with Gasteiger partial charge in [0.1, 0.15) is 0 Å². The van der Waals surface area contributed by atoms with Crippen LogP contribution < -0.4 is 4.90 Å². The fourth-order valence-electron chi connectivity index (χ4n) is 5.61. The molecule has 1 heterocycles. The summed E-state index contributed by atoms with van der Waals surface area (Å²) in [6.07, 6.45) is 3.07. The average molecular weight is 423 g/mol. The van der Waals surface area contributed by atoms with Crippen LogP contribution in [0.4, 0.5) is 5.69 Å². The number of imide groups is 1. The van der Waals surface area contributed by atoms with Crippen molar-refractivity contribution in [2.24, 2.45) is 23.7 Å². The lowest BCUT2D eigenvalue weighted by atomic mass is 9.81. The molecule has 30 heavy (non-hydrogen) atoms. The first kappa shape index (κ1) is 19.3. The van der Waals surface area contributed by atoms with E-state index in [0.29, 0.717) is 34.7 Å². The molecule has 2 bridgehead atoms. The van der Waals surface area contributed by atoms with Crippen molar-refractivity contribution in [3.8, 4) is 0 Å². The van der Waals surface area contributed by atoms with E-state index in [1.54, 1.807) is 30.1 Å². The SMILES string of the molecule is CN(Cc1ccccc1)C(=O)c1cc(N2C(=O)C3C4CCC(C4)C3C2=O)ccc1Cl. The first-order chi connectivity index (χ1) is 14.5. The summed E-state index contributed by atoms with van der Waals surface area (Å²) in [5.41, 5.74) is 1.75. The van der Waals surface area contributed by atoms with Crippen molar-refractivity contribution in [3.63, 3.8) is 0 Å². The van der Waals surface area contributed by atoms with E-state index in [9.17, 15) is 14.4 Å². The normalized spacial score (nSPS) is 26.9. The van der Waals surface area contributed by atoms with Gasteiger partial charge >= 0.3 is 0 Å². The number of fused-ring (bicyclic) bond motifs is 5. The van der Waals surface area contributed by atoms with Gasteiger partial charge in [0.2, 0.25) is 11.8 Å². The zero-order chi connectivity index (χ0) is 21.0. The molecule has 0 radical (unpaired) electrons. The Kier molecular flexibility index (Phi) is 4.66. The topological polar surface area (TPSA) is 57.7 Å². The molecule has 4 unspecified atom stereocenters. The van der Waals surface area contributed by atoms with Crippen molar-refractivity contribution in [3.05, 3.63) is 64.7 Å². The predicted molar refractivity (Wildman–Crippen MR) is 114 cm³/mol. The number of carbonyl (C=O) groups excluding carboxylic acids is 3. The van der Waals surface area contributed by atoms with E-state index in [1.807, 2.05) is 30.3 Å². The smallest absolute Gasteiger partial charge is 0.255 e. The molecule has 5 rings (SSSR count). The lowest BCUT2D eigenvalue weighted by Gasteiger charge is -2.21. The Morgan fingerprint density at radius 2 is 1.67 bits per heavy atom. The van der Waals surface area contributed by atoms with Gasteiger partial charge in [0.15, 0.2) is 0 Å². The molecule has 0 N–H and O–H groups in total. The molecule has 2 saturated carbocycles. The molecule has 0 aromatic heterocycles. The van der Waals surface area contributed by atoms with E-state index >= 15 is 0 Å². The number of halogens is 1. The van der Waals surface area contributed by atoms with Crippen molar-refractivity contribution in [2.45, 2.75) is 25.8 Å². The van der Waals surface area contributed by atoms with Crippen molar-refractivity contribution < 1.29 is 14.4 Å². The molecule has 3 fully saturated rings. The largest absolute Gasteiger partial charge is 0.337 e. The highest BCUT2D eigenvalue weighted by Gasteiger charge is 2.61. The summed E-state index contributed by atoms with van der Waals surface area (Å²) in [5.74, 6) is -0.200. The molecule has 4 atom stereocenters. The molecule has 154 valence electrons. The first-order valence-corrected chi connectivity index (χ1v) is 10.8. The van der Waals surface area contributed by atoms with Crippen LogP contribution in [0.25, 0.3) is 0 Å². The lowest BCUT2D eigenvalue weighted by molar-refractivity contribution is -0.123. The Balaban J connectivity index is 1.42. The highest BCUT2D eigenvalue weighted by molar-refractivity contribution is 6.34. The summed E-state index contributed by atoms with van der Waals surface area (Å²) >= 11 is 6.33. The van der Waals surface area contributed by atoms with Gasteiger partial charge < -0.3 is 4.90 Å². The predicted octanol–water partition coefficient (Wildman–Crippen LogP) is 4.15. The summed E-state index contributed by atoms with van der Waals surface area (Å²) in [5, 5.41) is 0.308. The van der Waals surface area contributed by atoms with E-state index in [-0.39, 0.29) is 29.6 Å². The van der Waals surface area contributed by atoms with Gasteiger partial charge in [-0.05, 0) is 54.9 Å². The number of carbonyl (C=O) groups is 3. The van der Waals surface area contributed by atoms with Gasteiger partial charge in [0.05, 0.1) is 28.1 Å². The molecule has 3 aliphatic rings. The molecule has 1 aliphatic heterocycles. The molecule has 2 aliphatic carbocycles. The molecular formula is C24H23ClN2O3. The van der Waals surface area contributed by atoms with Crippen LogP contribution in [0.15, 0.2) is 48.5 Å². The standard InChI is InChI=1S/C24H23ClN2O3/c1-26(13-14-5-3-2-4-6-14)22(28)18-12-17(9-10-19(18)25)27-23(29)20-15-7-8-16(11-15)21(20)24(27)30/h2-6,9-10,12,15-16,20-21H,7-8,11,13H2,1H3. The van der Waals surface area contributed by atoms with Gasteiger partial charge in [0, 0.05) is 13.6 Å². The Hall–Kier alpha value is -2.66. The second-order valence-electron chi connectivity index (χ2n) is 8.71. The van der Waals surface area contributed by atoms with Crippen LogP contribution >= 0.6 is 11.6 Å². The zero-order valence-corrected chi connectivity index (χ0v) is 17.5. The molecule has 6 heteroatoms. The number of benzene rings is 2. The molecule has 2 aromatic rings. The summed E-state index contributed by atoms with van der Waals surface area (Å²) in [4.78, 5) is 42.2. The summed E-state index contributed by atoms with van der Waals surface area (Å²) in [6.45, 7) is 0.440. The van der Waals surface area contributed by atoms with Crippen molar-refractivity contribution in [1.29, 1.82) is 0 Å². The summed E-state index contributed by atoms with van der Waals surface area (Å²) in [7, 11) is 1.71. The maximum absolute atomic E-state index is 13.1. The Morgan fingerprint density at radius 1 is 1.03 bits per heavy atom. The maximum atomic E-state index is 13.1. The number of hydrogen-bond acceptors (Lipinski definition) is 3. The van der Waals surface area contributed by atoms with Crippen molar-refractivity contribution in [1.82, 2.24) is 4.90 Å². The average Bonchev–Trinajstić information content (AvgIpc) is 3.43. The number of anilines is 1. The quantitative estimate of drug-likeness (QED) is 0.695. The van der Waals surface area contributed by atoms with Crippen LogP contribution in [-0.2, 0) is 16.1 Å². The van der Waals surface area contributed by atoms with Crippen LogP contribution in [0.1, 0.15) is 35.2 Å². The Morgan fingerprint density at radius 3 is 2.30 bits per heavy atom. The highest BCUT2D eigenvalue weighted by atomic mass is 35.5. The third-order valence-electron chi connectivity index (χ3n) is 6.98. The highest BCUT2D eigenvalue weighted by Crippen LogP contribution is 2.56. The van der Waals surface area contributed by atoms with E-state index in [1.165, 1.54) is 4.90 Å². The minimum atomic E-state index is -0.245. The van der Waals surface area contributed by atoms with Crippen LogP contribution in [0.5, 0.6) is 0 Å². The van der Waals surface area contributed by atoms with Gasteiger partial charge in [-0.3, -0.25) is 19.3 Å². The summed E-state index contributed by atoms with van der Waals surface area (Å²) < 4.78 is 0. The second-order valence-corrected chi connectivity index (χ2v) is 9.11. The van der Waals surface area contributed by atoms with Gasteiger partial charge in [-0.1, -0.05) is 41.9 Å². The number of nitrogens with zero attached hydrogens (tertiary/aromatic N) is 2. The third-order valence-corrected chi connectivity index (χ3v) is 7.30. The maximum Gasteiger partial charge on any atom is 0.255 e. The minimum Gasteiger partial charge on any atom is -0.337 e. The van der Waals surface area contributed by atoms with Gasteiger partial charge in [0.25, 0.3) is 5.91 Å². The summed E-state index contributed by atoms with van der Waals surface area (Å²) in [6, 6.07) is 14.5. The van der Waals surface area contributed by atoms with E-state index in [2.05, 4.69) is 0 Å². The Labute approximate surface area is 180 Å². The number of amides is 3. The van der Waals surface area contributed by atoms with E-state index < -0.39 is 0 Å². The van der Waals surface area contributed by atoms with Crippen LogP contribution in [0.2, 0.25) is 5.02 Å². The van der Waals surface area contributed by atoms with Crippen molar-refractivity contribution in [2.75, 3.05) is 11.9 Å². The molecule has 0 spiro atoms. The number of rotatable bonds is 4. The monoisotopic (exact) mass is 422 g/mol. The van der Waals surface area contributed by atoms with Crippen LogP contribution in [0, 0.1) is 23.7 Å². The third kappa shape index (κ3) is 2.95. The zero-order valence-electron chi connectivity index (χ0n) is 16.8. The minimum absolute atomic E-state index is 0.115. The molecule has 2 aromatic carbocycles. The van der Waals surface area contributed by atoms with Gasteiger partial charge in [-0.15, -0.1) is 0 Å². The van der Waals surface area contributed by atoms with E-state index in [4.69, 9.17) is 11.6 Å². The fourth-order valence-corrected chi connectivity index (χ4v) is 5.81. The molecule has 1 saturated heterocycles. The molecular weight excluding hydrogens is 400 g/mol. The fraction of sp³-hybridized carbons (Fsp3) is 0.375. The second kappa shape index (κ2) is 7.24. The van der Waals surface area contributed by atoms with Crippen LogP contribution in [-0.4, -0.2) is 29.7 Å². The van der Waals surface area contributed by atoms with E-state index in [0.717, 1.165) is 24.8 Å². The molecule has 3 amide bonds.